The molecule has 1 aliphatic rings. The Morgan fingerprint density at radius 3 is 2.68 bits per heavy atom. The number of halogens is 1. The SMILES string of the molecule is O=C(Nc1cccnc1)C1CCN(c2ccc(Cl)nn2)CC1. The Labute approximate surface area is 133 Å². The smallest absolute Gasteiger partial charge is 0.227 e. The lowest BCUT2D eigenvalue weighted by atomic mass is 9.96. The van der Waals surface area contributed by atoms with E-state index in [4.69, 9.17) is 11.6 Å². The number of rotatable bonds is 3. The second kappa shape index (κ2) is 6.70. The van der Waals surface area contributed by atoms with E-state index in [-0.39, 0.29) is 11.8 Å². The highest BCUT2D eigenvalue weighted by Crippen LogP contribution is 2.23. The van der Waals surface area contributed by atoms with E-state index in [2.05, 4.69) is 25.4 Å². The number of hydrogen-bond acceptors (Lipinski definition) is 5. The molecule has 0 aromatic carbocycles. The first-order valence-corrected chi connectivity index (χ1v) is 7.55. The van der Waals surface area contributed by atoms with Crippen molar-refractivity contribution in [1.82, 2.24) is 15.2 Å². The Balaban J connectivity index is 1.55. The van der Waals surface area contributed by atoms with Crippen molar-refractivity contribution in [1.29, 1.82) is 0 Å². The van der Waals surface area contributed by atoms with Gasteiger partial charge >= 0.3 is 0 Å². The molecule has 114 valence electrons. The number of hydrogen-bond donors (Lipinski definition) is 1. The summed E-state index contributed by atoms with van der Waals surface area (Å²) in [6.07, 6.45) is 4.91. The van der Waals surface area contributed by atoms with Gasteiger partial charge in [-0.3, -0.25) is 9.78 Å². The van der Waals surface area contributed by atoms with E-state index in [1.54, 1.807) is 24.5 Å². The Kier molecular flexibility index (Phi) is 4.48. The van der Waals surface area contributed by atoms with E-state index < -0.39 is 0 Å². The molecule has 0 spiro atoms. The van der Waals surface area contributed by atoms with Gasteiger partial charge in [0.1, 0.15) is 0 Å². The Morgan fingerprint density at radius 2 is 2.05 bits per heavy atom. The van der Waals surface area contributed by atoms with Crippen molar-refractivity contribution in [3.05, 3.63) is 41.8 Å². The van der Waals surface area contributed by atoms with Gasteiger partial charge < -0.3 is 10.2 Å². The Hall–Kier alpha value is -2.21. The van der Waals surface area contributed by atoms with Crippen LogP contribution in [-0.4, -0.2) is 34.2 Å². The maximum atomic E-state index is 12.3. The van der Waals surface area contributed by atoms with Crippen molar-refractivity contribution in [3.63, 3.8) is 0 Å². The summed E-state index contributed by atoms with van der Waals surface area (Å²) in [4.78, 5) is 18.4. The van der Waals surface area contributed by atoms with Gasteiger partial charge in [-0.05, 0) is 37.1 Å². The van der Waals surface area contributed by atoms with Crippen molar-refractivity contribution in [2.75, 3.05) is 23.3 Å². The molecule has 2 aromatic rings. The number of anilines is 2. The van der Waals surface area contributed by atoms with Crippen molar-refractivity contribution >= 4 is 29.0 Å². The number of piperidine rings is 1. The van der Waals surface area contributed by atoms with Crippen LogP contribution in [0.3, 0.4) is 0 Å². The van der Waals surface area contributed by atoms with Crippen LogP contribution in [-0.2, 0) is 4.79 Å². The third-order valence-corrected chi connectivity index (χ3v) is 3.94. The molecule has 3 heterocycles. The minimum absolute atomic E-state index is 0.0108. The van der Waals surface area contributed by atoms with E-state index in [0.29, 0.717) is 5.15 Å². The fourth-order valence-corrected chi connectivity index (χ4v) is 2.63. The molecule has 1 fully saturated rings. The summed E-state index contributed by atoms with van der Waals surface area (Å²) in [5.41, 5.74) is 0.735. The summed E-state index contributed by atoms with van der Waals surface area (Å²) in [6.45, 7) is 1.56. The molecule has 0 unspecified atom stereocenters. The summed E-state index contributed by atoms with van der Waals surface area (Å²) in [5, 5.41) is 11.2. The molecule has 0 saturated carbocycles. The Bertz CT molecular complexity index is 626. The molecule has 1 N–H and O–H groups in total. The molecule has 3 rings (SSSR count). The largest absolute Gasteiger partial charge is 0.355 e. The zero-order valence-corrected chi connectivity index (χ0v) is 12.7. The molecule has 0 aliphatic carbocycles. The van der Waals surface area contributed by atoms with Crippen molar-refractivity contribution in [3.8, 4) is 0 Å². The predicted molar refractivity (Wildman–Crippen MR) is 84.8 cm³/mol. The Morgan fingerprint density at radius 1 is 1.23 bits per heavy atom. The van der Waals surface area contributed by atoms with Crippen LogP contribution in [0.1, 0.15) is 12.8 Å². The monoisotopic (exact) mass is 317 g/mol. The maximum Gasteiger partial charge on any atom is 0.227 e. The van der Waals surface area contributed by atoms with Crippen LogP contribution < -0.4 is 10.2 Å². The van der Waals surface area contributed by atoms with Crippen LogP contribution in [0.4, 0.5) is 11.5 Å². The first kappa shape index (κ1) is 14.7. The van der Waals surface area contributed by atoms with Crippen LogP contribution in [0.2, 0.25) is 5.15 Å². The van der Waals surface area contributed by atoms with Gasteiger partial charge in [0.05, 0.1) is 11.9 Å². The molecule has 1 aliphatic heterocycles. The molecular weight excluding hydrogens is 302 g/mol. The first-order valence-electron chi connectivity index (χ1n) is 7.17. The number of aromatic nitrogens is 3. The number of pyridine rings is 1. The first-order chi connectivity index (χ1) is 10.7. The quantitative estimate of drug-likeness (QED) is 0.941. The second-order valence-electron chi connectivity index (χ2n) is 5.21. The van der Waals surface area contributed by atoms with Crippen LogP contribution in [0.25, 0.3) is 0 Å². The molecule has 6 nitrogen and oxygen atoms in total. The van der Waals surface area contributed by atoms with Gasteiger partial charge in [-0.15, -0.1) is 10.2 Å². The molecule has 1 amide bonds. The third-order valence-electron chi connectivity index (χ3n) is 3.74. The number of carbonyl (C=O) groups excluding carboxylic acids is 1. The average Bonchev–Trinajstić information content (AvgIpc) is 2.57. The number of carbonyl (C=O) groups is 1. The average molecular weight is 318 g/mol. The van der Waals surface area contributed by atoms with Gasteiger partial charge in [0.15, 0.2) is 11.0 Å². The molecule has 7 heteroatoms. The summed E-state index contributed by atoms with van der Waals surface area (Å²) in [5.74, 6) is 0.863. The lowest BCUT2D eigenvalue weighted by Gasteiger charge is -2.31. The van der Waals surface area contributed by atoms with Gasteiger partial charge in [-0.25, -0.2) is 0 Å². The van der Waals surface area contributed by atoms with E-state index in [1.807, 2.05) is 12.1 Å². The number of nitrogens with zero attached hydrogens (tertiary/aromatic N) is 4. The summed E-state index contributed by atoms with van der Waals surface area (Å²) < 4.78 is 0. The van der Waals surface area contributed by atoms with Gasteiger partial charge in [-0.1, -0.05) is 11.6 Å². The van der Waals surface area contributed by atoms with Crippen LogP contribution in [0.15, 0.2) is 36.7 Å². The van der Waals surface area contributed by atoms with E-state index in [9.17, 15) is 4.79 Å². The molecule has 0 radical (unpaired) electrons. The molecule has 2 aromatic heterocycles. The van der Waals surface area contributed by atoms with Crippen LogP contribution in [0.5, 0.6) is 0 Å². The van der Waals surface area contributed by atoms with E-state index >= 15 is 0 Å². The fraction of sp³-hybridized carbons (Fsp3) is 0.333. The molecule has 1 saturated heterocycles. The number of nitrogens with one attached hydrogen (secondary N) is 1. The van der Waals surface area contributed by atoms with Crippen molar-refractivity contribution < 1.29 is 4.79 Å². The lowest BCUT2D eigenvalue weighted by Crippen LogP contribution is -2.38. The van der Waals surface area contributed by atoms with Gasteiger partial charge in [-0.2, -0.15) is 0 Å². The van der Waals surface area contributed by atoms with Crippen molar-refractivity contribution in [2.24, 2.45) is 5.92 Å². The second-order valence-corrected chi connectivity index (χ2v) is 5.59. The van der Waals surface area contributed by atoms with Crippen LogP contribution >= 0.6 is 11.6 Å². The molecule has 0 atom stereocenters. The molecule has 0 bridgehead atoms. The van der Waals surface area contributed by atoms with E-state index in [0.717, 1.165) is 37.4 Å². The minimum atomic E-state index is 0.0108. The highest BCUT2D eigenvalue weighted by Gasteiger charge is 2.25. The third kappa shape index (κ3) is 3.51. The minimum Gasteiger partial charge on any atom is -0.355 e. The lowest BCUT2D eigenvalue weighted by molar-refractivity contribution is -0.120. The summed E-state index contributed by atoms with van der Waals surface area (Å²) in [7, 11) is 0. The highest BCUT2D eigenvalue weighted by atomic mass is 35.5. The maximum absolute atomic E-state index is 12.3. The standard InChI is InChI=1S/C15H16ClN5O/c16-13-3-4-14(20-19-13)21-8-5-11(6-9-21)15(22)18-12-2-1-7-17-10-12/h1-4,7,10-11H,5-6,8-9H2,(H,18,22). The topological polar surface area (TPSA) is 71.0 Å². The zero-order valence-electron chi connectivity index (χ0n) is 11.9. The van der Waals surface area contributed by atoms with E-state index in [1.165, 1.54) is 0 Å². The summed E-state index contributed by atoms with van der Waals surface area (Å²) >= 11 is 5.74. The van der Waals surface area contributed by atoms with Crippen LogP contribution in [0, 0.1) is 5.92 Å². The number of amides is 1. The zero-order chi connectivity index (χ0) is 15.4. The highest BCUT2D eigenvalue weighted by molar-refractivity contribution is 6.29. The summed E-state index contributed by atoms with van der Waals surface area (Å²) in [6, 6.07) is 7.22. The van der Waals surface area contributed by atoms with Gasteiger partial charge in [0.2, 0.25) is 5.91 Å². The fourth-order valence-electron chi connectivity index (χ4n) is 2.53. The normalized spacial score (nSPS) is 15.6. The van der Waals surface area contributed by atoms with Gasteiger partial charge in [0.25, 0.3) is 0 Å². The van der Waals surface area contributed by atoms with Gasteiger partial charge in [0, 0.05) is 25.2 Å². The predicted octanol–water partition coefficient (Wildman–Crippen LogP) is 2.38. The molecular formula is C15H16ClN5O. The molecule has 22 heavy (non-hydrogen) atoms. The van der Waals surface area contributed by atoms with Crippen molar-refractivity contribution in [2.45, 2.75) is 12.8 Å².